The minimum absolute atomic E-state index is 0.0301. The Morgan fingerprint density at radius 2 is 2.04 bits per heavy atom. The van der Waals surface area contributed by atoms with Crippen molar-refractivity contribution < 1.29 is 9.90 Å². The van der Waals surface area contributed by atoms with E-state index in [2.05, 4.69) is 15.8 Å². The number of hydrogen-bond donors (Lipinski definition) is 3. The molecule has 0 aliphatic carbocycles. The molecule has 0 fully saturated rings. The number of rotatable bonds is 5. The van der Waals surface area contributed by atoms with Crippen molar-refractivity contribution in [2.75, 3.05) is 5.32 Å². The van der Waals surface area contributed by atoms with Crippen LogP contribution in [0, 0.1) is 11.8 Å². The predicted octanol–water partition coefficient (Wildman–Crippen LogP) is 4.42. The SMILES string of the molecule is Cc1ccccc1CNC(=O)Nc1cc(Cl)c(N=O)c(C(C)O)c1. The van der Waals surface area contributed by atoms with Gasteiger partial charge in [-0.05, 0) is 42.3 Å². The van der Waals surface area contributed by atoms with Gasteiger partial charge in [0.1, 0.15) is 5.69 Å². The van der Waals surface area contributed by atoms with Gasteiger partial charge in [0.05, 0.1) is 11.1 Å². The molecule has 0 saturated heterocycles. The second kappa shape index (κ2) is 7.90. The third-order valence-corrected chi connectivity index (χ3v) is 3.88. The molecule has 0 heterocycles. The highest BCUT2D eigenvalue weighted by Gasteiger charge is 2.15. The van der Waals surface area contributed by atoms with Crippen LogP contribution < -0.4 is 10.6 Å². The quantitative estimate of drug-likeness (QED) is 0.699. The largest absolute Gasteiger partial charge is 0.389 e. The van der Waals surface area contributed by atoms with Crippen molar-refractivity contribution in [2.45, 2.75) is 26.5 Å². The first kappa shape index (κ1) is 17.9. The number of carbonyl (C=O) groups is 1. The van der Waals surface area contributed by atoms with Crippen LogP contribution >= 0.6 is 11.6 Å². The molecule has 2 aromatic carbocycles. The van der Waals surface area contributed by atoms with Crippen molar-refractivity contribution >= 4 is 29.0 Å². The third kappa shape index (κ3) is 4.31. The van der Waals surface area contributed by atoms with E-state index in [0.717, 1.165) is 11.1 Å². The summed E-state index contributed by atoms with van der Waals surface area (Å²) in [5.74, 6) is 0. The van der Waals surface area contributed by atoms with Crippen LogP contribution in [-0.4, -0.2) is 11.1 Å². The Morgan fingerprint density at radius 3 is 2.67 bits per heavy atom. The Hall–Kier alpha value is -2.44. The topological polar surface area (TPSA) is 90.8 Å². The van der Waals surface area contributed by atoms with Crippen molar-refractivity contribution in [3.05, 3.63) is 63.0 Å². The number of benzene rings is 2. The molecule has 3 N–H and O–H groups in total. The zero-order valence-corrected chi connectivity index (χ0v) is 14.1. The van der Waals surface area contributed by atoms with Crippen LogP contribution in [0.4, 0.5) is 16.2 Å². The van der Waals surface area contributed by atoms with Crippen molar-refractivity contribution in [2.24, 2.45) is 5.18 Å². The Labute approximate surface area is 144 Å². The highest BCUT2D eigenvalue weighted by atomic mass is 35.5. The maximum Gasteiger partial charge on any atom is 0.319 e. The van der Waals surface area contributed by atoms with Crippen molar-refractivity contribution in [1.82, 2.24) is 5.32 Å². The second-order valence-corrected chi connectivity index (χ2v) is 5.80. The lowest BCUT2D eigenvalue weighted by Crippen LogP contribution is -2.28. The fourth-order valence-electron chi connectivity index (χ4n) is 2.27. The number of aryl methyl sites for hydroxylation is 1. The van der Waals surface area contributed by atoms with Crippen LogP contribution in [0.15, 0.2) is 41.6 Å². The lowest BCUT2D eigenvalue weighted by Gasteiger charge is -2.13. The highest BCUT2D eigenvalue weighted by molar-refractivity contribution is 6.33. The first-order valence-corrected chi connectivity index (χ1v) is 7.74. The highest BCUT2D eigenvalue weighted by Crippen LogP contribution is 2.36. The number of urea groups is 1. The summed E-state index contributed by atoms with van der Waals surface area (Å²) in [6.45, 7) is 3.83. The third-order valence-electron chi connectivity index (χ3n) is 3.59. The summed E-state index contributed by atoms with van der Waals surface area (Å²) in [6, 6.07) is 10.2. The molecular weight excluding hydrogens is 330 g/mol. The number of anilines is 1. The van der Waals surface area contributed by atoms with Gasteiger partial charge in [0, 0.05) is 17.8 Å². The van der Waals surface area contributed by atoms with Crippen LogP contribution in [0.1, 0.15) is 29.7 Å². The van der Waals surface area contributed by atoms with Gasteiger partial charge in [-0.2, -0.15) is 0 Å². The molecule has 7 heteroatoms. The number of nitrogens with one attached hydrogen (secondary N) is 2. The van der Waals surface area contributed by atoms with Gasteiger partial charge in [-0.15, -0.1) is 4.91 Å². The van der Waals surface area contributed by atoms with Crippen LogP contribution in [0.25, 0.3) is 0 Å². The monoisotopic (exact) mass is 347 g/mol. The molecule has 24 heavy (non-hydrogen) atoms. The molecule has 2 rings (SSSR count). The van der Waals surface area contributed by atoms with Gasteiger partial charge in [0.25, 0.3) is 0 Å². The number of aliphatic hydroxyl groups is 1. The summed E-state index contributed by atoms with van der Waals surface area (Å²) in [7, 11) is 0. The van der Waals surface area contributed by atoms with Gasteiger partial charge in [-0.25, -0.2) is 4.79 Å². The smallest absolute Gasteiger partial charge is 0.319 e. The summed E-state index contributed by atoms with van der Waals surface area (Å²) in [6.07, 6.45) is -0.938. The molecule has 126 valence electrons. The zero-order chi connectivity index (χ0) is 17.7. The predicted molar refractivity (Wildman–Crippen MR) is 94.6 cm³/mol. The summed E-state index contributed by atoms with van der Waals surface area (Å²) >= 11 is 5.98. The van der Waals surface area contributed by atoms with E-state index in [-0.39, 0.29) is 16.3 Å². The Kier molecular flexibility index (Phi) is 5.89. The molecule has 0 aliphatic heterocycles. The summed E-state index contributed by atoms with van der Waals surface area (Å²) in [5, 5.41) is 18.0. The molecule has 6 nitrogen and oxygen atoms in total. The van der Waals surface area contributed by atoms with Gasteiger partial charge in [0.15, 0.2) is 0 Å². The fraction of sp³-hybridized carbons (Fsp3) is 0.235. The molecule has 0 saturated carbocycles. The normalized spacial score (nSPS) is 11.7. The number of hydrogen-bond acceptors (Lipinski definition) is 4. The fourth-order valence-corrected chi connectivity index (χ4v) is 2.53. The van der Waals surface area contributed by atoms with Gasteiger partial charge in [-0.1, -0.05) is 35.9 Å². The molecule has 1 unspecified atom stereocenters. The summed E-state index contributed by atoms with van der Waals surface area (Å²) in [4.78, 5) is 22.9. The van der Waals surface area contributed by atoms with E-state index in [1.807, 2.05) is 31.2 Å². The zero-order valence-electron chi connectivity index (χ0n) is 13.3. The van der Waals surface area contributed by atoms with Gasteiger partial charge in [-0.3, -0.25) is 0 Å². The van der Waals surface area contributed by atoms with Crippen molar-refractivity contribution in [3.63, 3.8) is 0 Å². The molecule has 0 aliphatic rings. The molecule has 0 bridgehead atoms. The Morgan fingerprint density at radius 1 is 1.33 bits per heavy atom. The number of nitroso groups, excluding NO2 is 1. The number of nitrogens with zero attached hydrogens (tertiary/aromatic N) is 1. The Bertz CT molecular complexity index is 763. The summed E-state index contributed by atoms with van der Waals surface area (Å²) < 4.78 is 0. The maximum absolute atomic E-state index is 12.0. The molecule has 1 atom stereocenters. The number of carbonyl (C=O) groups excluding carboxylic acids is 1. The van der Waals surface area contributed by atoms with E-state index in [1.54, 1.807) is 0 Å². The van der Waals surface area contributed by atoms with Crippen LogP contribution in [0.5, 0.6) is 0 Å². The maximum atomic E-state index is 12.0. The number of amides is 2. The second-order valence-electron chi connectivity index (χ2n) is 5.40. The van der Waals surface area contributed by atoms with Gasteiger partial charge < -0.3 is 15.7 Å². The van der Waals surface area contributed by atoms with Gasteiger partial charge >= 0.3 is 6.03 Å². The minimum atomic E-state index is -0.938. The average Bonchev–Trinajstić information content (AvgIpc) is 2.53. The van der Waals surface area contributed by atoms with Gasteiger partial charge in [0.2, 0.25) is 0 Å². The first-order valence-electron chi connectivity index (χ1n) is 7.36. The number of aliphatic hydroxyl groups excluding tert-OH is 1. The number of halogens is 1. The van der Waals surface area contributed by atoms with E-state index < -0.39 is 12.1 Å². The van der Waals surface area contributed by atoms with E-state index >= 15 is 0 Å². The lowest BCUT2D eigenvalue weighted by atomic mass is 10.1. The average molecular weight is 348 g/mol. The minimum Gasteiger partial charge on any atom is -0.389 e. The van der Waals surface area contributed by atoms with E-state index in [1.165, 1.54) is 19.1 Å². The molecule has 2 amide bonds. The van der Waals surface area contributed by atoms with E-state index in [9.17, 15) is 14.8 Å². The van der Waals surface area contributed by atoms with E-state index in [0.29, 0.717) is 12.2 Å². The van der Waals surface area contributed by atoms with Crippen molar-refractivity contribution in [3.8, 4) is 0 Å². The molecular formula is C17H18ClN3O3. The molecule has 0 radical (unpaired) electrons. The first-order chi connectivity index (χ1) is 11.4. The summed E-state index contributed by atoms with van der Waals surface area (Å²) in [5.41, 5.74) is 2.68. The standard InChI is InChI=1S/C17H18ClN3O3/c1-10-5-3-4-6-12(10)9-19-17(23)20-13-7-14(11(2)22)16(21-24)15(18)8-13/h3-8,11,22H,9H2,1-2H3,(H2,19,20,23). The van der Waals surface area contributed by atoms with Crippen LogP contribution in [-0.2, 0) is 6.54 Å². The molecule has 0 aromatic heterocycles. The lowest BCUT2D eigenvalue weighted by molar-refractivity contribution is 0.200. The molecule has 0 spiro atoms. The van der Waals surface area contributed by atoms with Crippen LogP contribution in [0.2, 0.25) is 5.02 Å². The molecule has 2 aromatic rings. The van der Waals surface area contributed by atoms with Crippen molar-refractivity contribution in [1.29, 1.82) is 0 Å². The van der Waals surface area contributed by atoms with Crippen LogP contribution in [0.3, 0.4) is 0 Å². The van der Waals surface area contributed by atoms with E-state index in [4.69, 9.17) is 11.6 Å². The Balaban J connectivity index is 2.09.